The number of hydrogen-bond donors (Lipinski definition) is 2. The van der Waals surface area contributed by atoms with Gasteiger partial charge in [-0.05, 0) is 12.8 Å². The lowest BCUT2D eigenvalue weighted by Crippen LogP contribution is -2.45. The van der Waals surface area contributed by atoms with E-state index in [-0.39, 0.29) is 17.9 Å². The predicted molar refractivity (Wildman–Crippen MR) is 42.6 cm³/mol. The summed E-state index contributed by atoms with van der Waals surface area (Å²) in [6.45, 7) is 1.60. The van der Waals surface area contributed by atoms with E-state index in [1.807, 2.05) is 6.92 Å². The molecule has 0 aromatic heterocycles. The molecule has 1 fully saturated rings. The summed E-state index contributed by atoms with van der Waals surface area (Å²) in [6, 6.07) is 0. The Morgan fingerprint density at radius 1 is 1.50 bits per heavy atom. The van der Waals surface area contributed by atoms with Gasteiger partial charge in [0.25, 0.3) is 0 Å². The maximum absolute atomic E-state index is 11.3. The summed E-state index contributed by atoms with van der Waals surface area (Å²) >= 11 is 0. The Labute approximate surface area is 71.0 Å². The first-order valence-corrected chi connectivity index (χ1v) is 4.05. The van der Waals surface area contributed by atoms with E-state index < -0.39 is 5.97 Å². The Hall–Kier alpha value is -1.06. The molecular weight excluding hydrogens is 158 g/mol. The number of carbonyl (C=O) groups is 2. The van der Waals surface area contributed by atoms with Gasteiger partial charge in [0.2, 0.25) is 5.91 Å². The van der Waals surface area contributed by atoms with E-state index in [4.69, 9.17) is 5.11 Å². The number of nitrogens with one attached hydrogen (secondary N) is 1. The minimum Gasteiger partial charge on any atom is -0.480 e. The van der Waals surface area contributed by atoms with Crippen molar-refractivity contribution in [3.05, 3.63) is 0 Å². The average molecular weight is 171 g/mol. The molecule has 0 bridgehead atoms. The van der Waals surface area contributed by atoms with Crippen molar-refractivity contribution in [2.24, 2.45) is 5.41 Å². The summed E-state index contributed by atoms with van der Waals surface area (Å²) in [6.07, 6.45) is 2.81. The molecule has 1 aliphatic rings. The first kappa shape index (κ1) is 9.03. The fourth-order valence-corrected chi connectivity index (χ4v) is 1.30. The van der Waals surface area contributed by atoms with Crippen molar-refractivity contribution < 1.29 is 14.7 Å². The van der Waals surface area contributed by atoms with E-state index >= 15 is 0 Å². The number of hydrogen-bond acceptors (Lipinski definition) is 2. The van der Waals surface area contributed by atoms with Crippen LogP contribution in [0.1, 0.15) is 26.2 Å². The highest BCUT2D eigenvalue weighted by atomic mass is 16.4. The molecule has 2 N–H and O–H groups in total. The summed E-state index contributed by atoms with van der Waals surface area (Å²) < 4.78 is 0. The van der Waals surface area contributed by atoms with Crippen LogP contribution in [0.2, 0.25) is 0 Å². The quantitative estimate of drug-likeness (QED) is 0.645. The molecule has 1 amide bonds. The molecule has 0 aromatic rings. The Bertz CT molecular complexity index is 208. The highest BCUT2D eigenvalue weighted by Crippen LogP contribution is 2.40. The van der Waals surface area contributed by atoms with E-state index in [1.165, 1.54) is 0 Å². The lowest BCUT2D eigenvalue weighted by molar-refractivity contribution is -0.141. The van der Waals surface area contributed by atoms with Crippen molar-refractivity contribution >= 4 is 11.9 Å². The lowest BCUT2D eigenvalue weighted by atomic mass is 9.70. The van der Waals surface area contributed by atoms with Gasteiger partial charge in [-0.25, -0.2) is 0 Å². The standard InChI is InChI=1S/C8H13NO3/c1-8(3-2-4-8)7(12)9-5-6(10)11/h2-5H2,1H3,(H,9,12)(H,10,11). The number of amides is 1. The van der Waals surface area contributed by atoms with E-state index in [2.05, 4.69) is 5.32 Å². The number of rotatable bonds is 3. The molecule has 68 valence electrons. The van der Waals surface area contributed by atoms with E-state index in [0.29, 0.717) is 0 Å². The van der Waals surface area contributed by atoms with Gasteiger partial charge in [-0.15, -0.1) is 0 Å². The van der Waals surface area contributed by atoms with E-state index in [0.717, 1.165) is 19.3 Å². The topological polar surface area (TPSA) is 66.4 Å². The molecule has 0 atom stereocenters. The van der Waals surface area contributed by atoms with Crippen LogP contribution in [-0.2, 0) is 9.59 Å². The van der Waals surface area contributed by atoms with Crippen LogP contribution < -0.4 is 5.32 Å². The summed E-state index contributed by atoms with van der Waals surface area (Å²) in [4.78, 5) is 21.4. The minimum atomic E-state index is -0.994. The number of carboxylic acids is 1. The zero-order valence-electron chi connectivity index (χ0n) is 7.09. The van der Waals surface area contributed by atoms with Gasteiger partial charge in [-0.1, -0.05) is 13.3 Å². The highest BCUT2D eigenvalue weighted by Gasteiger charge is 2.39. The van der Waals surface area contributed by atoms with Crippen molar-refractivity contribution in [2.75, 3.05) is 6.54 Å². The van der Waals surface area contributed by atoms with Crippen molar-refractivity contribution in [1.29, 1.82) is 0 Å². The first-order chi connectivity index (χ1) is 5.54. The van der Waals surface area contributed by atoms with Crippen molar-refractivity contribution in [2.45, 2.75) is 26.2 Å². The van der Waals surface area contributed by atoms with Gasteiger partial charge in [0.15, 0.2) is 0 Å². The monoisotopic (exact) mass is 171 g/mol. The summed E-state index contributed by atoms with van der Waals surface area (Å²) in [5.41, 5.74) is -0.296. The van der Waals surface area contributed by atoms with Crippen LogP contribution in [0, 0.1) is 5.41 Å². The molecule has 0 heterocycles. The Balaban J connectivity index is 2.33. The van der Waals surface area contributed by atoms with E-state index in [9.17, 15) is 9.59 Å². The molecule has 1 aliphatic carbocycles. The second kappa shape index (κ2) is 3.13. The maximum Gasteiger partial charge on any atom is 0.322 e. The fourth-order valence-electron chi connectivity index (χ4n) is 1.30. The predicted octanol–water partition coefficient (Wildman–Crippen LogP) is 0.377. The molecule has 0 unspecified atom stereocenters. The zero-order valence-corrected chi connectivity index (χ0v) is 7.09. The first-order valence-electron chi connectivity index (χ1n) is 4.05. The minimum absolute atomic E-state index is 0.129. The lowest BCUT2D eigenvalue weighted by Gasteiger charge is -2.36. The maximum atomic E-state index is 11.3. The molecule has 4 nitrogen and oxygen atoms in total. The van der Waals surface area contributed by atoms with Gasteiger partial charge in [0, 0.05) is 5.41 Å². The highest BCUT2D eigenvalue weighted by molar-refractivity contribution is 5.86. The smallest absolute Gasteiger partial charge is 0.322 e. The molecule has 0 aromatic carbocycles. The van der Waals surface area contributed by atoms with Gasteiger partial charge in [-0.3, -0.25) is 9.59 Å². The molecule has 0 aliphatic heterocycles. The second-order valence-corrected chi connectivity index (χ2v) is 3.49. The summed E-state index contributed by atoms with van der Waals surface area (Å²) in [7, 11) is 0. The van der Waals surface area contributed by atoms with Crippen molar-refractivity contribution in [3.8, 4) is 0 Å². The van der Waals surface area contributed by atoms with Crippen LogP contribution in [0.25, 0.3) is 0 Å². The van der Waals surface area contributed by atoms with E-state index in [1.54, 1.807) is 0 Å². The number of carboxylic acid groups (broad SMARTS) is 1. The third-order valence-electron chi connectivity index (χ3n) is 2.41. The van der Waals surface area contributed by atoms with Crippen LogP contribution in [0.15, 0.2) is 0 Å². The molecule has 12 heavy (non-hydrogen) atoms. The largest absolute Gasteiger partial charge is 0.480 e. The van der Waals surface area contributed by atoms with Crippen LogP contribution in [-0.4, -0.2) is 23.5 Å². The second-order valence-electron chi connectivity index (χ2n) is 3.49. The molecule has 0 radical (unpaired) electrons. The Kier molecular flexibility index (Phi) is 2.35. The average Bonchev–Trinajstić information content (AvgIpc) is 1.95. The molecule has 0 spiro atoms. The summed E-state index contributed by atoms with van der Waals surface area (Å²) in [5, 5.41) is 10.7. The SMILES string of the molecule is CC1(C(=O)NCC(=O)O)CCC1. The van der Waals surface area contributed by atoms with Gasteiger partial charge < -0.3 is 10.4 Å². The molecule has 1 rings (SSSR count). The van der Waals surface area contributed by atoms with Gasteiger partial charge in [0.05, 0.1) is 0 Å². The normalized spacial score (nSPS) is 19.4. The molecule has 4 heteroatoms. The Morgan fingerprint density at radius 3 is 2.42 bits per heavy atom. The molecular formula is C8H13NO3. The number of carbonyl (C=O) groups excluding carboxylic acids is 1. The Morgan fingerprint density at radius 2 is 2.08 bits per heavy atom. The van der Waals surface area contributed by atoms with Crippen LogP contribution in [0.5, 0.6) is 0 Å². The molecule has 1 saturated carbocycles. The third kappa shape index (κ3) is 1.75. The fraction of sp³-hybridized carbons (Fsp3) is 0.750. The number of aliphatic carboxylic acids is 1. The van der Waals surface area contributed by atoms with Gasteiger partial charge in [-0.2, -0.15) is 0 Å². The van der Waals surface area contributed by atoms with Crippen LogP contribution in [0.3, 0.4) is 0 Å². The van der Waals surface area contributed by atoms with Gasteiger partial charge >= 0.3 is 5.97 Å². The summed E-state index contributed by atoms with van der Waals surface area (Å²) in [5.74, 6) is -1.12. The molecule has 0 saturated heterocycles. The van der Waals surface area contributed by atoms with Crippen molar-refractivity contribution in [1.82, 2.24) is 5.32 Å². The van der Waals surface area contributed by atoms with Crippen LogP contribution in [0.4, 0.5) is 0 Å². The third-order valence-corrected chi connectivity index (χ3v) is 2.41. The zero-order chi connectivity index (χ0) is 9.19. The van der Waals surface area contributed by atoms with Crippen LogP contribution >= 0.6 is 0 Å². The van der Waals surface area contributed by atoms with Gasteiger partial charge in [0.1, 0.15) is 6.54 Å². The van der Waals surface area contributed by atoms with Crippen molar-refractivity contribution in [3.63, 3.8) is 0 Å².